The van der Waals surface area contributed by atoms with Gasteiger partial charge in [0.25, 0.3) is 0 Å². The number of halogens is 2. The van der Waals surface area contributed by atoms with E-state index in [2.05, 4.69) is 0 Å². The second-order valence-corrected chi connectivity index (χ2v) is 4.16. The van der Waals surface area contributed by atoms with Crippen molar-refractivity contribution in [2.24, 2.45) is 5.73 Å². The summed E-state index contributed by atoms with van der Waals surface area (Å²) < 4.78 is 13.7. The summed E-state index contributed by atoms with van der Waals surface area (Å²) in [4.78, 5) is 10.9. The van der Waals surface area contributed by atoms with Crippen molar-refractivity contribution in [3.05, 3.63) is 52.8 Å². The molecule has 0 spiro atoms. The number of benzene rings is 2. The minimum atomic E-state index is -0.659. The highest BCUT2D eigenvalue weighted by Crippen LogP contribution is 2.32. The Morgan fingerprint density at radius 1 is 1.17 bits per heavy atom. The fourth-order valence-corrected chi connectivity index (χ4v) is 1.78. The van der Waals surface area contributed by atoms with Crippen molar-refractivity contribution in [1.29, 1.82) is 0 Å². The standard InChI is InChI=1S/C13H9ClFNO2/c14-8-2-4-9(11(15)6-8)10-3-1-7(13(16)18)5-12(10)17/h1-6,17H,(H2,16,18). The van der Waals surface area contributed by atoms with Crippen LogP contribution < -0.4 is 5.73 Å². The summed E-state index contributed by atoms with van der Waals surface area (Å²) in [6, 6.07) is 8.18. The monoisotopic (exact) mass is 265 g/mol. The quantitative estimate of drug-likeness (QED) is 0.877. The van der Waals surface area contributed by atoms with Crippen molar-refractivity contribution >= 4 is 17.5 Å². The number of carbonyl (C=O) groups is 1. The summed E-state index contributed by atoms with van der Waals surface area (Å²) in [7, 11) is 0. The van der Waals surface area contributed by atoms with Crippen molar-refractivity contribution in [3.8, 4) is 16.9 Å². The third-order valence-electron chi connectivity index (χ3n) is 2.50. The van der Waals surface area contributed by atoms with Crippen molar-refractivity contribution in [2.75, 3.05) is 0 Å². The normalized spacial score (nSPS) is 10.3. The van der Waals surface area contributed by atoms with Gasteiger partial charge in [0.15, 0.2) is 0 Å². The molecule has 3 nitrogen and oxygen atoms in total. The van der Waals surface area contributed by atoms with Gasteiger partial charge in [-0.25, -0.2) is 4.39 Å². The van der Waals surface area contributed by atoms with Crippen LogP contribution in [0.5, 0.6) is 5.75 Å². The molecule has 92 valence electrons. The third kappa shape index (κ3) is 2.28. The number of aromatic hydroxyl groups is 1. The number of carbonyl (C=O) groups excluding carboxylic acids is 1. The average Bonchev–Trinajstić information content (AvgIpc) is 2.30. The largest absolute Gasteiger partial charge is 0.507 e. The van der Waals surface area contributed by atoms with Crippen LogP contribution in [0.25, 0.3) is 11.1 Å². The van der Waals surface area contributed by atoms with Gasteiger partial charge < -0.3 is 10.8 Å². The molecule has 0 saturated heterocycles. The van der Waals surface area contributed by atoms with E-state index in [0.29, 0.717) is 0 Å². The Morgan fingerprint density at radius 3 is 2.39 bits per heavy atom. The summed E-state index contributed by atoms with van der Waals surface area (Å²) in [5.41, 5.74) is 5.71. The van der Waals surface area contributed by atoms with Crippen LogP contribution in [0.1, 0.15) is 10.4 Å². The average molecular weight is 266 g/mol. The van der Waals surface area contributed by atoms with Gasteiger partial charge in [-0.05, 0) is 36.4 Å². The predicted molar refractivity (Wildman–Crippen MR) is 67.0 cm³/mol. The Hall–Kier alpha value is -2.07. The van der Waals surface area contributed by atoms with Gasteiger partial charge >= 0.3 is 0 Å². The molecule has 0 fully saturated rings. The Kier molecular flexibility index (Phi) is 3.21. The van der Waals surface area contributed by atoms with E-state index >= 15 is 0 Å². The number of rotatable bonds is 2. The van der Waals surface area contributed by atoms with Gasteiger partial charge in [0.2, 0.25) is 5.91 Å². The van der Waals surface area contributed by atoms with Gasteiger partial charge in [-0.3, -0.25) is 4.79 Å². The van der Waals surface area contributed by atoms with Crippen molar-refractivity contribution < 1.29 is 14.3 Å². The minimum Gasteiger partial charge on any atom is -0.507 e. The highest BCUT2D eigenvalue weighted by Gasteiger charge is 2.12. The van der Waals surface area contributed by atoms with E-state index in [-0.39, 0.29) is 27.5 Å². The van der Waals surface area contributed by atoms with E-state index in [0.717, 1.165) is 6.07 Å². The fraction of sp³-hybridized carbons (Fsp3) is 0. The maximum Gasteiger partial charge on any atom is 0.248 e. The lowest BCUT2D eigenvalue weighted by atomic mass is 10.0. The molecule has 0 aliphatic rings. The molecule has 0 heterocycles. The topological polar surface area (TPSA) is 63.3 Å². The fourth-order valence-electron chi connectivity index (χ4n) is 1.62. The van der Waals surface area contributed by atoms with E-state index in [9.17, 15) is 14.3 Å². The molecule has 2 aromatic rings. The maximum atomic E-state index is 13.7. The number of amides is 1. The zero-order chi connectivity index (χ0) is 13.3. The zero-order valence-electron chi connectivity index (χ0n) is 9.15. The van der Waals surface area contributed by atoms with Crippen LogP contribution in [0.15, 0.2) is 36.4 Å². The highest BCUT2D eigenvalue weighted by atomic mass is 35.5. The summed E-state index contributed by atoms with van der Waals surface area (Å²) in [6.45, 7) is 0. The van der Waals surface area contributed by atoms with E-state index in [1.54, 1.807) is 0 Å². The molecule has 0 bridgehead atoms. The predicted octanol–water partition coefficient (Wildman–Crippen LogP) is 2.95. The molecule has 0 unspecified atom stereocenters. The minimum absolute atomic E-state index is 0.158. The van der Waals surface area contributed by atoms with Gasteiger partial charge in [-0.2, -0.15) is 0 Å². The lowest BCUT2D eigenvalue weighted by molar-refractivity contribution is 0.1000. The first-order valence-electron chi connectivity index (χ1n) is 5.07. The lowest BCUT2D eigenvalue weighted by Gasteiger charge is -2.07. The molecule has 0 aliphatic carbocycles. The van der Waals surface area contributed by atoms with Gasteiger partial charge in [-0.15, -0.1) is 0 Å². The molecule has 0 saturated carbocycles. The molecular weight excluding hydrogens is 257 g/mol. The summed E-state index contributed by atoms with van der Waals surface area (Å²) in [5.74, 6) is -1.43. The Morgan fingerprint density at radius 2 is 1.83 bits per heavy atom. The number of hydrogen-bond acceptors (Lipinski definition) is 2. The van der Waals surface area contributed by atoms with Crippen molar-refractivity contribution in [3.63, 3.8) is 0 Å². The maximum absolute atomic E-state index is 13.7. The van der Waals surface area contributed by atoms with Gasteiger partial charge in [0.1, 0.15) is 11.6 Å². The molecule has 2 rings (SSSR count). The number of phenolic OH excluding ortho intramolecular Hbond substituents is 1. The second-order valence-electron chi connectivity index (χ2n) is 3.72. The molecule has 5 heteroatoms. The first-order valence-corrected chi connectivity index (χ1v) is 5.45. The molecule has 0 aliphatic heterocycles. The van der Waals surface area contributed by atoms with Crippen LogP contribution in [0.2, 0.25) is 5.02 Å². The molecule has 1 amide bonds. The molecule has 0 aromatic heterocycles. The molecular formula is C13H9ClFNO2. The summed E-state index contributed by atoms with van der Waals surface area (Å²) >= 11 is 5.65. The summed E-state index contributed by atoms with van der Waals surface area (Å²) in [6.07, 6.45) is 0. The van der Waals surface area contributed by atoms with E-state index < -0.39 is 11.7 Å². The van der Waals surface area contributed by atoms with E-state index in [4.69, 9.17) is 17.3 Å². The molecule has 18 heavy (non-hydrogen) atoms. The third-order valence-corrected chi connectivity index (χ3v) is 2.74. The number of primary amides is 1. The molecule has 2 aromatic carbocycles. The van der Waals surface area contributed by atoms with E-state index in [1.807, 2.05) is 0 Å². The van der Waals surface area contributed by atoms with Crippen LogP contribution in [-0.2, 0) is 0 Å². The Balaban J connectivity index is 2.54. The number of nitrogens with two attached hydrogens (primary N) is 1. The molecule has 0 atom stereocenters. The lowest BCUT2D eigenvalue weighted by Crippen LogP contribution is -2.10. The summed E-state index contributed by atoms with van der Waals surface area (Å²) in [5, 5.41) is 10.0. The molecule has 3 N–H and O–H groups in total. The number of phenols is 1. The van der Waals surface area contributed by atoms with Crippen LogP contribution >= 0.6 is 11.6 Å². The van der Waals surface area contributed by atoms with Gasteiger partial charge in [0, 0.05) is 21.7 Å². The van der Waals surface area contributed by atoms with Crippen molar-refractivity contribution in [2.45, 2.75) is 0 Å². The van der Waals surface area contributed by atoms with Crippen LogP contribution in [-0.4, -0.2) is 11.0 Å². The van der Waals surface area contributed by atoms with Crippen LogP contribution in [0.3, 0.4) is 0 Å². The molecule has 0 radical (unpaired) electrons. The SMILES string of the molecule is NC(=O)c1ccc(-c2ccc(Cl)cc2F)c(O)c1. The van der Waals surface area contributed by atoms with Gasteiger partial charge in [0.05, 0.1) is 0 Å². The first-order chi connectivity index (χ1) is 8.49. The second kappa shape index (κ2) is 4.66. The zero-order valence-corrected chi connectivity index (χ0v) is 9.91. The number of hydrogen-bond donors (Lipinski definition) is 2. The smallest absolute Gasteiger partial charge is 0.248 e. The Labute approximate surface area is 108 Å². The van der Waals surface area contributed by atoms with Gasteiger partial charge in [-0.1, -0.05) is 11.6 Å². The van der Waals surface area contributed by atoms with Crippen LogP contribution in [0, 0.1) is 5.82 Å². The highest BCUT2D eigenvalue weighted by molar-refractivity contribution is 6.30. The first kappa shape index (κ1) is 12.4. The van der Waals surface area contributed by atoms with E-state index in [1.165, 1.54) is 30.3 Å². The van der Waals surface area contributed by atoms with Crippen LogP contribution in [0.4, 0.5) is 4.39 Å². The van der Waals surface area contributed by atoms with Crippen molar-refractivity contribution in [1.82, 2.24) is 0 Å². The Bertz CT molecular complexity index is 628.